The minimum atomic E-state index is 0.108. The first-order valence-electron chi connectivity index (χ1n) is 5.37. The van der Waals surface area contributed by atoms with Crippen molar-refractivity contribution in [2.24, 2.45) is 4.99 Å². The number of nitrogens with zero attached hydrogens (tertiary/aromatic N) is 1. The Morgan fingerprint density at radius 3 is 3.00 bits per heavy atom. The van der Waals surface area contributed by atoms with Gasteiger partial charge in [-0.1, -0.05) is 0 Å². The first kappa shape index (κ1) is 11.0. The van der Waals surface area contributed by atoms with Crippen LogP contribution in [0.5, 0.6) is 0 Å². The molecule has 0 aromatic heterocycles. The van der Waals surface area contributed by atoms with E-state index in [4.69, 9.17) is 0 Å². The molecule has 0 aliphatic carbocycles. The summed E-state index contributed by atoms with van der Waals surface area (Å²) in [6.45, 7) is 4.27. The number of hydrogen-bond acceptors (Lipinski definition) is 3. The number of carbonyl (C=O) groups is 1. The Labute approximate surface area is 85.2 Å². The zero-order valence-electron chi connectivity index (χ0n) is 8.81. The summed E-state index contributed by atoms with van der Waals surface area (Å²) >= 11 is 0. The van der Waals surface area contributed by atoms with Crippen LogP contribution in [-0.4, -0.2) is 31.4 Å². The fourth-order valence-corrected chi connectivity index (χ4v) is 1.45. The molecule has 0 aromatic carbocycles. The molecule has 0 aromatic rings. The molecule has 80 valence electrons. The quantitative estimate of drug-likeness (QED) is 0.696. The van der Waals surface area contributed by atoms with E-state index in [1.807, 2.05) is 6.92 Å². The maximum Gasteiger partial charge on any atom is 0.221 e. The first-order chi connectivity index (χ1) is 6.83. The second kappa shape index (κ2) is 6.40. The molecule has 1 aliphatic heterocycles. The van der Waals surface area contributed by atoms with Gasteiger partial charge in [0.15, 0.2) is 0 Å². The molecular weight excluding hydrogens is 178 g/mol. The van der Waals surface area contributed by atoms with Crippen LogP contribution in [0.2, 0.25) is 0 Å². The second-order valence-electron chi connectivity index (χ2n) is 3.42. The van der Waals surface area contributed by atoms with Gasteiger partial charge in [0.25, 0.3) is 0 Å². The highest BCUT2D eigenvalue weighted by Crippen LogP contribution is 2.03. The summed E-state index contributed by atoms with van der Waals surface area (Å²) in [5.41, 5.74) is 0. The van der Waals surface area contributed by atoms with E-state index in [2.05, 4.69) is 15.6 Å². The highest BCUT2D eigenvalue weighted by atomic mass is 16.1. The first-order valence-corrected chi connectivity index (χ1v) is 5.37. The molecular formula is C10H19N3O. The van der Waals surface area contributed by atoms with Gasteiger partial charge in [-0.3, -0.25) is 9.79 Å². The molecule has 0 saturated heterocycles. The summed E-state index contributed by atoms with van der Waals surface area (Å²) in [6.07, 6.45) is 3.98. The number of aliphatic imine (C=N–C) groups is 1. The lowest BCUT2D eigenvalue weighted by molar-refractivity contribution is -0.120. The van der Waals surface area contributed by atoms with E-state index >= 15 is 0 Å². The van der Waals surface area contributed by atoms with Crippen LogP contribution in [0.4, 0.5) is 0 Å². The summed E-state index contributed by atoms with van der Waals surface area (Å²) in [4.78, 5) is 15.4. The van der Waals surface area contributed by atoms with Crippen molar-refractivity contribution in [2.75, 3.05) is 19.6 Å². The van der Waals surface area contributed by atoms with E-state index in [1.54, 1.807) is 0 Å². The molecule has 2 N–H and O–H groups in total. The standard InChI is InChI=1S/C10H19N3O/c1-2-11-10(14)6-8-13-9-5-3-4-7-12-9/h2-8H2,1H3,(H,11,14)(H,12,13). The van der Waals surface area contributed by atoms with Gasteiger partial charge in [-0.15, -0.1) is 0 Å². The van der Waals surface area contributed by atoms with Crippen molar-refractivity contribution in [3.05, 3.63) is 0 Å². The molecule has 0 saturated carbocycles. The molecule has 0 atom stereocenters. The van der Waals surface area contributed by atoms with Gasteiger partial charge in [0, 0.05) is 32.5 Å². The lowest BCUT2D eigenvalue weighted by atomic mass is 10.2. The van der Waals surface area contributed by atoms with Crippen LogP contribution in [0.1, 0.15) is 32.6 Å². The highest BCUT2D eigenvalue weighted by molar-refractivity contribution is 5.83. The Morgan fingerprint density at radius 1 is 1.50 bits per heavy atom. The van der Waals surface area contributed by atoms with Gasteiger partial charge in [0.2, 0.25) is 5.91 Å². The molecule has 0 bridgehead atoms. The predicted octanol–water partition coefficient (Wildman–Crippen LogP) is 0.685. The monoisotopic (exact) mass is 197 g/mol. The van der Waals surface area contributed by atoms with E-state index in [0.717, 1.165) is 18.8 Å². The number of rotatable bonds is 4. The van der Waals surface area contributed by atoms with Crippen molar-refractivity contribution >= 4 is 11.7 Å². The van der Waals surface area contributed by atoms with Crippen LogP contribution >= 0.6 is 0 Å². The molecule has 0 spiro atoms. The molecule has 0 unspecified atom stereocenters. The van der Waals surface area contributed by atoms with Gasteiger partial charge in [0.05, 0.1) is 5.84 Å². The Balaban J connectivity index is 2.08. The summed E-state index contributed by atoms with van der Waals surface area (Å²) in [6, 6.07) is 0. The van der Waals surface area contributed by atoms with Gasteiger partial charge >= 0.3 is 0 Å². The lowest BCUT2D eigenvalue weighted by Crippen LogP contribution is -2.31. The van der Waals surface area contributed by atoms with Crippen molar-refractivity contribution in [1.82, 2.24) is 10.6 Å². The maximum atomic E-state index is 11.1. The van der Waals surface area contributed by atoms with Crippen molar-refractivity contribution < 1.29 is 4.79 Å². The Kier molecular flexibility index (Phi) is 5.04. The normalized spacial score (nSPS) is 15.9. The average molecular weight is 197 g/mol. The van der Waals surface area contributed by atoms with E-state index in [-0.39, 0.29) is 5.91 Å². The van der Waals surface area contributed by atoms with Crippen LogP contribution in [-0.2, 0) is 4.79 Å². The van der Waals surface area contributed by atoms with E-state index < -0.39 is 0 Å². The number of nitrogens with one attached hydrogen (secondary N) is 2. The number of amides is 1. The third-order valence-corrected chi connectivity index (χ3v) is 2.18. The molecule has 0 fully saturated rings. The predicted molar refractivity (Wildman–Crippen MR) is 57.5 cm³/mol. The topological polar surface area (TPSA) is 53.5 Å². The van der Waals surface area contributed by atoms with Crippen molar-refractivity contribution in [1.29, 1.82) is 0 Å². The molecule has 1 amide bonds. The van der Waals surface area contributed by atoms with Crippen LogP contribution in [0.25, 0.3) is 0 Å². The van der Waals surface area contributed by atoms with Crippen LogP contribution in [0, 0.1) is 0 Å². The third-order valence-electron chi connectivity index (χ3n) is 2.18. The van der Waals surface area contributed by atoms with Gasteiger partial charge in [-0.2, -0.15) is 0 Å². The molecule has 1 rings (SSSR count). The zero-order chi connectivity index (χ0) is 10.2. The number of carbonyl (C=O) groups excluding carboxylic acids is 1. The summed E-state index contributed by atoms with van der Waals surface area (Å²) in [5, 5.41) is 5.96. The molecule has 1 heterocycles. The van der Waals surface area contributed by atoms with Crippen molar-refractivity contribution in [3.63, 3.8) is 0 Å². The average Bonchev–Trinajstić information content (AvgIpc) is 2.20. The van der Waals surface area contributed by atoms with Crippen LogP contribution in [0.15, 0.2) is 4.99 Å². The van der Waals surface area contributed by atoms with Gasteiger partial charge in [-0.05, 0) is 19.8 Å². The largest absolute Gasteiger partial charge is 0.373 e. The maximum absolute atomic E-state index is 11.1. The Morgan fingerprint density at radius 2 is 2.36 bits per heavy atom. The summed E-state index contributed by atoms with van der Waals surface area (Å²) < 4.78 is 0. The van der Waals surface area contributed by atoms with Crippen molar-refractivity contribution in [3.8, 4) is 0 Å². The van der Waals surface area contributed by atoms with Crippen LogP contribution in [0.3, 0.4) is 0 Å². The Hall–Kier alpha value is -1.06. The fraction of sp³-hybridized carbons (Fsp3) is 0.800. The van der Waals surface area contributed by atoms with Crippen LogP contribution < -0.4 is 10.6 Å². The highest BCUT2D eigenvalue weighted by Gasteiger charge is 2.04. The van der Waals surface area contributed by atoms with E-state index in [9.17, 15) is 4.79 Å². The third kappa shape index (κ3) is 4.25. The number of hydrogen-bond donors (Lipinski definition) is 2. The zero-order valence-corrected chi connectivity index (χ0v) is 8.81. The smallest absolute Gasteiger partial charge is 0.221 e. The molecule has 4 heteroatoms. The van der Waals surface area contributed by atoms with Gasteiger partial charge in [-0.25, -0.2) is 0 Å². The summed E-state index contributed by atoms with van der Waals surface area (Å²) in [5.74, 6) is 1.18. The molecule has 1 aliphatic rings. The fourth-order valence-electron chi connectivity index (χ4n) is 1.45. The number of amidine groups is 1. The second-order valence-corrected chi connectivity index (χ2v) is 3.42. The van der Waals surface area contributed by atoms with Crippen molar-refractivity contribution in [2.45, 2.75) is 32.6 Å². The van der Waals surface area contributed by atoms with E-state index in [0.29, 0.717) is 19.5 Å². The molecule has 0 radical (unpaired) electrons. The molecule has 14 heavy (non-hydrogen) atoms. The molecule has 4 nitrogen and oxygen atoms in total. The Bertz CT molecular complexity index is 213. The minimum absolute atomic E-state index is 0.108. The van der Waals surface area contributed by atoms with Gasteiger partial charge < -0.3 is 10.6 Å². The lowest BCUT2D eigenvalue weighted by Gasteiger charge is -2.13. The van der Waals surface area contributed by atoms with E-state index in [1.165, 1.54) is 12.8 Å². The van der Waals surface area contributed by atoms with Gasteiger partial charge in [0.1, 0.15) is 0 Å². The SMILES string of the molecule is CCNC(=O)CCNC1=NCCCC1. The summed E-state index contributed by atoms with van der Waals surface area (Å²) in [7, 11) is 0. The minimum Gasteiger partial charge on any atom is -0.373 e.